The molecule has 1 aliphatic rings. The number of thiophene rings is 1. The summed E-state index contributed by atoms with van der Waals surface area (Å²) >= 11 is 1.63. The summed E-state index contributed by atoms with van der Waals surface area (Å²) in [4.78, 5) is 16.6. The third-order valence-corrected chi connectivity index (χ3v) is 7.18. The van der Waals surface area contributed by atoms with Gasteiger partial charge in [0.1, 0.15) is 17.1 Å². The summed E-state index contributed by atoms with van der Waals surface area (Å²) in [6.07, 6.45) is 3.12. The minimum Gasteiger partial charge on any atom is -0.497 e. The molecule has 4 aromatic rings. The Balaban J connectivity index is 1.36. The average molecular weight is 458 g/mol. The van der Waals surface area contributed by atoms with Crippen LogP contribution in [0.5, 0.6) is 5.75 Å². The Morgan fingerprint density at radius 3 is 2.45 bits per heavy atom. The Hall–Kier alpha value is -3.38. The van der Waals surface area contributed by atoms with Crippen molar-refractivity contribution in [2.24, 2.45) is 5.92 Å². The second kappa shape index (κ2) is 9.63. The van der Waals surface area contributed by atoms with Gasteiger partial charge in [-0.3, -0.25) is 4.79 Å². The predicted molar refractivity (Wildman–Crippen MR) is 132 cm³/mol. The first kappa shape index (κ1) is 21.5. The number of amides is 1. The van der Waals surface area contributed by atoms with E-state index in [0.29, 0.717) is 11.6 Å². The first-order valence-corrected chi connectivity index (χ1v) is 12.2. The SMILES string of the molecule is COc1ccc(-n2nc(-c3cccs3)cc2C(=O)N2CCC(Cc3ccccc3)CC2)cc1. The fourth-order valence-electron chi connectivity index (χ4n) is 4.45. The molecule has 5 nitrogen and oxygen atoms in total. The molecule has 2 aromatic carbocycles. The molecule has 0 N–H and O–H groups in total. The van der Waals surface area contributed by atoms with Crippen molar-refractivity contribution < 1.29 is 9.53 Å². The van der Waals surface area contributed by atoms with Crippen LogP contribution in [0.2, 0.25) is 0 Å². The van der Waals surface area contributed by atoms with Gasteiger partial charge in [0.15, 0.2) is 0 Å². The molecule has 33 heavy (non-hydrogen) atoms. The topological polar surface area (TPSA) is 47.4 Å². The lowest BCUT2D eigenvalue weighted by atomic mass is 9.90. The predicted octanol–water partition coefficient (Wildman–Crippen LogP) is 5.70. The molecule has 0 atom stereocenters. The van der Waals surface area contributed by atoms with Crippen LogP contribution in [0.25, 0.3) is 16.3 Å². The standard InChI is InChI=1S/C27H27N3O2S/c1-32-23-11-9-22(10-12-23)30-25(19-24(28-30)26-8-5-17-33-26)27(31)29-15-13-21(14-16-29)18-20-6-3-2-4-7-20/h2-12,17,19,21H,13-16,18H2,1H3. The smallest absolute Gasteiger partial charge is 0.272 e. The normalized spacial score (nSPS) is 14.4. The van der Waals surface area contributed by atoms with Crippen molar-refractivity contribution in [3.8, 4) is 22.0 Å². The van der Waals surface area contributed by atoms with E-state index in [0.717, 1.165) is 54.4 Å². The first-order chi connectivity index (χ1) is 16.2. The van der Waals surface area contributed by atoms with E-state index in [-0.39, 0.29) is 5.91 Å². The molecule has 0 spiro atoms. The Morgan fingerprint density at radius 2 is 1.79 bits per heavy atom. The largest absolute Gasteiger partial charge is 0.497 e. The lowest BCUT2D eigenvalue weighted by molar-refractivity contribution is 0.0681. The number of piperidine rings is 1. The van der Waals surface area contributed by atoms with Crippen molar-refractivity contribution in [2.45, 2.75) is 19.3 Å². The number of carbonyl (C=O) groups is 1. The Morgan fingerprint density at radius 1 is 1.03 bits per heavy atom. The summed E-state index contributed by atoms with van der Waals surface area (Å²) < 4.78 is 7.06. The number of benzene rings is 2. The van der Waals surface area contributed by atoms with Crippen molar-refractivity contribution in [3.05, 3.63) is 89.4 Å². The lowest BCUT2D eigenvalue weighted by Gasteiger charge is -2.32. The average Bonchev–Trinajstić information content (AvgIpc) is 3.55. The van der Waals surface area contributed by atoms with Gasteiger partial charge in [0.25, 0.3) is 5.91 Å². The molecule has 3 heterocycles. The van der Waals surface area contributed by atoms with Gasteiger partial charge in [0.2, 0.25) is 0 Å². The molecule has 5 rings (SSSR count). The van der Waals surface area contributed by atoms with E-state index in [4.69, 9.17) is 9.84 Å². The maximum Gasteiger partial charge on any atom is 0.272 e. The monoisotopic (exact) mass is 457 g/mol. The van der Waals surface area contributed by atoms with E-state index < -0.39 is 0 Å². The number of methoxy groups -OCH3 is 1. The van der Waals surface area contributed by atoms with E-state index in [9.17, 15) is 4.79 Å². The molecule has 1 amide bonds. The molecule has 6 heteroatoms. The fourth-order valence-corrected chi connectivity index (χ4v) is 5.13. The van der Waals surface area contributed by atoms with Crippen LogP contribution in [0.3, 0.4) is 0 Å². The van der Waals surface area contributed by atoms with E-state index in [2.05, 4.69) is 30.3 Å². The highest BCUT2D eigenvalue weighted by atomic mass is 32.1. The van der Waals surface area contributed by atoms with Crippen molar-refractivity contribution in [1.29, 1.82) is 0 Å². The maximum absolute atomic E-state index is 13.6. The van der Waals surface area contributed by atoms with Gasteiger partial charge in [0, 0.05) is 13.1 Å². The summed E-state index contributed by atoms with van der Waals surface area (Å²) in [5.74, 6) is 1.43. The van der Waals surface area contributed by atoms with Crippen molar-refractivity contribution >= 4 is 17.2 Å². The highest BCUT2D eigenvalue weighted by molar-refractivity contribution is 7.13. The second-order valence-corrected chi connectivity index (χ2v) is 9.37. The molecule has 0 unspecified atom stereocenters. The van der Waals surface area contributed by atoms with Gasteiger partial charge in [0.05, 0.1) is 17.7 Å². The first-order valence-electron chi connectivity index (χ1n) is 11.3. The molecule has 0 saturated carbocycles. The number of likely N-dealkylation sites (tertiary alicyclic amines) is 1. The zero-order valence-corrected chi connectivity index (χ0v) is 19.5. The molecule has 2 aromatic heterocycles. The molecule has 1 saturated heterocycles. The van der Waals surface area contributed by atoms with Gasteiger partial charge >= 0.3 is 0 Å². The number of aromatic nitrogens is 2. The van der Waals surface area contributed by atoms with Crippen LogP contribution in [-0.2, 0) is 6.42 Å². The molecule has 0 aliphatic carbocycles. The highest BCUT2D eigenvalue weighted by Crippen LogP contribution is 2.28. The van der Waals surface area contributed by atoms with Crippen LogP contribution in [0.1, 0.15) is 28.9 Å². The molecule has 0 radical (unpaired) electrons. The van der Waals surface area contributed by atoms with Gasteiger partial charge < -0.3 is 9.64 Å². The summed E-state index contributed by atoms with van der Waals surface area (Å²) in [7, 11) is 1.65. The van der Waals surface area contributed by atoms with Crippen LogP contribution in [0.4, 0.5) is 0 Å². The van der Waals surface area contributed by atoms with Crippen LogP contribution in [-0.4, -0.2) is 40.8 Å². The van der Waals surface area contributed by atoms with Crippen molar-refractivity contribution in [2.75, 3.05) is 20.2 Å². The number of rotatable bonds is 6. The lowest BCUT2D eigenvalue weighted by Crippen LogP contribution is -2.39. The molecule has 1 aliphatic heterocycles. The van der Waals surface area contributed by atoms with Gasteiger partial charge in [-0.05, 0) is 72.5 Å². The van der Waals surface area contributed by atoms with Crippen LogP contribution in [0, 0.1) is 5.92 Å². The summed E-state index contributed by atoms with van der Waals surface area (Å²) in [6, 6.07) is 24.3. The summed E-state index contributed by atoms with van der Waals surface area (Å²) in [5, 5.41) is 6.83. The quantitative estimate of drug-likeness (QED) is 0.373. The van der Waals surface area contributed by atoms with Gasteiger partial charge in [-0.2, -0.15) is 5.10 Å². The number of ether oxygens (including phenoxy) is 1. The zero-order valence-electron chi connectivity index (χ0n) is 18.7. The molecule has 168 valence electrons. The van der Waals surface area contributed by atoms with Gasteiger partial charge in [-0.15, -0.1) is 11.3 Å². The highest BCUT2D eigenvalue weighted by Gasteiger charge is 2.27. The Kier molecular flexibility index (Phi) is 6.26. The van der Waals surface area contributed by atoms with E-state index in [1.54, 1.807) is 23.1 Å². The maximum atomic E-state index is 13.6. The summed E-state index contributed by atoms with van der Waals surface area (Å²) in [5.41, 5.74) is 3.65. The second-order valence-electron chi connectivity index (χ2n) is 8.43. The Labute approximate surface area is 198 Å². The van der Waals surface area contributed by atoms with Crippen molar-refractivity contribution in [3.63, 3.8) is 0 Å². The van der Waals surface area contributed by atoms with Crippen molar-refractivity contribution in [1.82, 2.24) is 14.7 Å². The zero-order chi connectivity index (χ0) is 22.6. The number of nitrogens with zero attached hydrogens (tertiary/aromatic N) is 3. The van der Waals surface area contributed by atoms with Gasteiger partial charge in [-0.1, -0.05) is 36.4 Å². The van der Waals surface area contributed by atoms with E-state index in [1.807, 2.05) is 52.7 Å². The molecule has 0 bridgehead atoms. The minimum atomic E-state index is 0.0410. The number of hydrogen-bond donors (Lipinski definition) is 0. The van der Waals surface area contributed by atoms with E-state index >= 15 is 0 Å². The third kappa shape index (κ3) is 4.71. The Bertz CT molecular complexity index is 1190. The minimum absolute atomic E-state index is 0.0410. The van der Waals surface area contributed by atoms with Gasteiger partial charge in [-0.25, -0.2) is 4.68 Å². The van der Waals surface area contributed by atoms with Crippen LogP contribution in [0.15, 0.2) is 78.2 Å². The van der Waals surface area contributed by atoms with Crippen LogP contribution < -0.4 is 4.74 Å². The number of carbonyl (C=O) groups excluding carboxylic acids is 1. The molecule has 1 fully saturated rings. The fraction of sp³-hybridized carbons (Fsp3) is 0.259. The van der Waals surface area contributed by atoms with E-state index in [1.165, 1.54) is 5.56 Å². The number of hydrogen-bond acceptors (Lipinski definition) is 4. The molecular formula is C27H27N3O2S. The summed E-state index contributed by atoms with van der Waals surface area (Å²) in [6.45, 7) is 1.55. The van der Waals surface area contributed by atoms with Crippen LogP contribution >= 0.6 is 11.3 Å². The third-order valence-electron chi connectivity index (χ3n) is 6.29. The molecular weight excluding hydrogens is 430 g/mol.